The number of carbonyl (C=O) groups excluding carboxylic acids is 2. The van der Waals surface area contributed by atoms with Crippen molar-refractivity contribution in [3.05, 3.63) is 51.8 Å². The van der Waals surface area contributed by atoms with Crippen LogP contribution in [0, 0.1) is 5.92 Å². The summed E-state index contributed by atoms with van der Waals surface area (Å²) in [6, 6.07) is 7.01. The van der Waals surface area contributed by atoms with Gasteiger partial charge in [0.05, 0.1) is 0 Å². The van der Waals surface area contributed by atoms with Crippen LogP contribution < -0.4 is 5.32 Å². The SMILES string of the molecule is O=C(c1ccc(Cl)cc1)C1CCN(C(=O)c2n[nH]c3c2CNCC3)CC1. The molecule has 4 rings (SSSR count). The first kappa shape index (κ1) is 17.2. The van der Waals surface area contributed by atoms with E-state index in [9.17, 15) is 9.59 Å². The zero-order valence-electron chi connectivity index (χ0n) is 14.4. The lowest BCUT2D eigenvalue weighted by Crippen LogP contribution is -2.41. The first-order chi connectivity index (χ1) is 12.6. The number of hydrogen-bond acceptors (Lipinski definition) is 4. The van der Waals surface area contributed by atoms with Gasteiger partial charge in [0, 0.05) is 60.4 Å². The fraction of sp³-hybridized carbons (Fsp3) is 0.421. The molecule has 0 bridgehead atoms. The number of rotatable bonds is 3. The molecule has 1 fully saturated rings. The van der Waals surface area contributed by atoms with Crippen LogP contribution in [0.2, 0.25) is 5.02 Å². The molecule has 2 N–H and O–H groups in total. The van der Waals surface area contributed by atoms with E-state index in [1.807, 2.05) is 4.90 Å². The Balaban J connectivity index is 1.40. The lowest BCUT2D eigenvalue weighted by molar-refractivity contribution is 0.0644. The van der Waals surface area contributed by atoms with Gasteiger partial charge in [0.25, 0.3) is 5.91 Å². The van der Waals surface area contributed by atoms with Crippen molar-refractivity contribution in [1.82, 2.24) is 20.4 Å². The highest BCUT2D eigenvalue weighted by Gasteiger charge is 2.31. The number of nitrogens with zero attached hydrogens (tertiary/aromatic N) is 2. The predicted octanol–water partition coefficient (Wildman–Crippen LogP) is 2.44. The predicted molar refractivity (Wildman–Crippen MR) is 98.4 cm³/mol. The molecule has 0 radical (unpaired) electrons. The molecule has 0 unspecified atom stereocenters. The molecule has 0 spiro atoms. The third-order valence-electron chi connectivity index (χ3n) is 5.29. The van der Waals surface area contributed by atoms with E-state index >= 15 is 0 Å². The Morgan fingerprint density at radius 2 is 1.88 bits per heavy atom. The van der Waals surface area contributed by atoms with Gasteiger partial charge in [-0.15, -0.1) is 0 Å². The van der Waals surface area contributed by atoms with Crippen LogP contribution in [-0.4, -0.2) is 46.4 Å². The maximum atomic E-state index is 12.8. The number of H-pyrrole nitrogens is 1. The number of Topliss-reactive ketones (excluding diaryl/α,β-unsaturated/α-hetero) is 1. The summed E-state index contributed by atoms with van der Waals surface area (Å²) in [5.41, 5.74) is 3.25. The topological polar surface area (TPSA) is 78.1 Å². The third kappa shape index (κ3) is 3.27. The molecule has 3 heterocycles. The maximum Gasteiger partial charge on any atom is 0.274 e. The number of likely N-dealkylation sites (tertiary alicyclic amines) is 1. The van der Waals surface area contributed by atoms with Gasteiger partial charge in [-0.1, -0.05) is 11.6 Å². The number of aromatic amines is 1. The normalized spacial score (nSPS) is 17.8. The smallest absolute Gasteiger partial charge is 0.274 e. The van der Waals surface area contributed by atoms with Gasteiger partial charge in [0.15, 0.2) is 11.5 Å². The Morgan fingerprint density at radius 1 is 1.15 bits per heavy atom. The van der Waals surface area contributed by atoms with Crippen LogP contribution in [0.5, 0.6) is 0 Å². The van der Waals surface area contributed by atoms with Gasteiger partial charge in [-0.05, 0) is 37.1 Å². The van der Waals surface area contributed by atoms with Crippen LogP contribution in [0.15, 0.2) is 24.3 Å². The summed E-state index contributed by atoms with van der Waals surface area (Å²) in [6.45, 7) is 2.75. The minimum Gasteiger partial charge on any atom is -0.337 e. The van der Waals surface area contributed by atoms with Crippen molar-refractivity contribution in [1.29, 1.82) is 0 Å². The van der Waals surface area contributed by atoms with Crippen LogP contribution in [0.3, 0.4) is 0 Å². The van der Waals surface area contributed by atoms with E-state index in [0.717, 1.165) is 24.2 Å². The highest BCUT2D eigenvalue weighted by Crippen LogP contribution is 2.25. The van der Waals surface area contributed by atoms with Gasteiger partial charge in [-0.25, -0.2) is 0 Å². The van der Waals surface area contributed by atoms with Gasteiger partial charge in [-0.3, -0.25) is 14.7 Å². The number of fused-ring (bicyclic) bond motifs is 1. The molecule has 2 aliphatic rings. The summed E-state index contributed by atoms with van der Waals surface area (Å²) in [7, 11) is 0. The number of ketones is 1. The van der Waals surface area contributed by atoms with Crippen molar-refractivity contribution in [2.75, 3.05) is 19.6 Å². The maximum absolute atomic E-state index is 12.8. The Bertz CT molecular complexity index is 823. The summed E-state index contributed by atoms with van der Waals surface area (Å²) in [6.07, 6.45) is 2.23. The largest absolute Gasteiger partial charge is 0.337 e. The standard InChI is InChI=1S/C19H21ClN4O2/c20-14-3-1-12(2-4-14)18(25)13-6-9-24(10-7-13)19(26)17-15-11-21-8-5-16(15)22-23-17/h1-4,13,21H,5-11H2,(H,22,23). The van der Waals surface area contributed by atoms with Gasteiger partial charge in [0.1, 0.15) is 0 Å². The number of halogens is 1. The van der Waals surface area contributed by atoms with E-state index in [2.05, 4.69) is 15.5 Å². The van der Waals surface area contributed by atoms with Crippen LogP contribution in [0.25, 0.3) is 0 Å². The summed E-state index contributed by atoms with van der Waals surface area (Å²) < 4.78 is 0. The van der Waals surface area contributed by atoms with Crippen molar-refractivity contribution in [2.24, 2.45) is 5.92 Å². The Hall–Kier alpha value is -2.18. The number of nitrogens with one attached hydrogen (secondary N) is 2. The molecule has 2 aliphatic heterocycles. The second kappa shape index (κ2) is 7.21. The summed E-state index contributed by atoms with van der Waals surface area (Å²) in [5, 5.41) is 11.2. The third-order valence-corrected chi connectivity index (χ3v) is 5.54. The fourth-order valence-corrected chi connectivity index (χ4v) is 3.87. The molecule has 26 heavy (non-hydrogen) atoms. The first-order valence-corrected chi connectivity index (χ1v) is 9.37. The molecule has 1 aromatic carbocycles. The molecular weight excluding hydrogens is 352 g/mol. The van der Waals surface area contributed by atoms with Gasteiger partial charge >= 0.3 is 0 Å². The average Bonchev–Trinajstić information content (AvgIpc) is 3.12. The van der Waals surface area contributed by atoms with Crippen molar-refractivity contribution in [3.8, 4) is 0 Å². The number of carbonyl (C=O) groups is 2. The van der Waals surface area contributed by atoms with Crippen molar-refractivity contribution in [2.45, 2.75) is 25.8 Å². The summed E-state index contributed by atoms with van der Waals surface area (Å²) in [4.78, 5) is 27.3. The lowest BCUT2D eigenvalue weighted by Gasteiger charge is -2.31. The van der Waals surface area contributed by atoms with Crippen molar-refractivity contribution in [3.63, 3.8) is 0 Å². The zero-order chi connectivity index (χ0) is 18.1. The van der Waals surface area contributed by atoms with E-state index in [0.29, 0.717) is 48.8 Å². The van der Waals surface area contributed by atoms with E-state index in [1.54, 1.807) is 24.3 Å². The molecule has 0 atom stereocenters. The molecule has 0 aliphatic carbocycles. The van der Waals surface area contributed by atoms with Crippen LogP contribution in [0.1, 0.15) is 44.9 Å². The monoisotopic (exact) mass is 372 g/mol. The molecule has 136 valence electrons. The fourth-order valence-electron chi connectivity index (χ4n) is 3.75. The van der Waals surface area contributed by atoms with Gasteiger partial charge < -0.3 is 10.2 Å². The highest BCUT2D eigenvalue weighted by atomic mass is 35.5. The minimum atomic E-state index is -0.0463. The first-order valence-electron chi connectivity index (χ1n) is 8.99. The second-order valence-electron chi connectivity index (χ2n) is 6.89. The molecule has 1 amide bonds. The quantitative estimate of drug-likeness (QED) is 0.811. The average molecular weight is 373 g/mol. The number of piperidine rings is 1. The molecular formula is C19H21ClN4O2. The molecule has 0 saturated carbocycles. The highest BCUT2D eigenvalue weighted by molar-refractivity contribution is 6.30. The van der Waals surface area contributed by atoms with E-state index in [-0.39, 0.29) is 17.6 Å². The Morgan fingerprint density at radius 3 is 2.62 bits per heavy atom. The number of amides is 1. The van der Waals surface area contributed by atoms with E-state index in [1.165, 1.54) is 0 Å². The Kier molecular flexibility index (Phi) is 4.78. The van der Waals surface area contributed by atoms with E-state index < -0.39 is 0 Å². The molecule has 1 aromatic heterocycles. The lowest BCUT2D eigenvalue weighted by atomic mass is 9.88. The summed E-state index contributed by atoms with van der Waals surface area (Å²) in [5.74, 6) is 0.0497. The van der Waals surface area contributed by atoms with Crippen LogP contribution in [-0.2, 0) is 13.0 Å². The van der Waals surface area contributed by atoms with Gasteiger partial charge in [-0.2, -0.15) is 5.10 Å². The summed E-state index contributed by atoms with van der Waals surface area (Å²) >= 11 is 5.89. The minimum absolute atomic E-state index is 0.0383. The second-order valence-corrected chi connectivity index (χ2v) is 7.33. The Labute approximate surface area is 156 Å². The van der Waals surface area contributed by atoms with Gasteiger partial charge in [0.2, 0.25) is 0 Å². The van der Waals surface area contributed by atoms with Crippen LogP contribution in [0.4, 0.5) is 0 Å². The molecule has 1 saturated heterocycles. The number of benzene rings is 1. The molecule has 2 aromatic rings. The van der Waals surface area contributed by atoms with Crippen molar-refractivity contribution < 1.29 is 9.59 Å². The molecule has 6 nitrogen and oxygen atoms in total. The van der Waals surface area contributed by atoms with E-state index in [4.69, 9.17) is 11.6 Å². The molecule has 7 heteroatoms. The van der Waals surface area contributed by atoms with Crippen molar-refractivity contribution >= 4 is 23.3 Å². The number of hydrogen-bond donors (Lipinski definition) is 2. The number of aromatic nitrogens is 2. The zero-order valence-corrected chi connectivity index (χ0v) is 15.2. The van der Waals surface area contributed by atoms with Crippen LogP contribution >= 0.6 is 11.6 Å².